The number of carbonyl (C=O) groups is 3. The zero-order valence-electron chi connectivity index (χ0n) is 10.7. The summed E-state index contributed by atoms with van der Waals surface area (Å²) in [5.41, 5.74) is -2.34. The lowest BCUT2D eigenvalue weighted by atomic mass is 9.92. The Morgan fingerprint density at radius 2 is 1.85 bits per heavy atom. The summed E-state index contributed by atoms with van der Waals surface area (Å²) in [6.07, 6.45) is -0.120. The number of carboxylic acid groups (broad SMARTS) is 1. The average Bonchev–Trinajstić information content (AvgIpc) is 2.49. The van der Waals surface area contributed by atoms with Crippen LogP contribution in [0.3, 0.4) is 0 Å². The van der Waals surface area contributed by atoms with E-state index in [1.807, 2.05) is 0 Å². The van der Waals surface area contributed by atoms with Crippen LogP contribution >= 0.6 is 0 Å². The Kier molecular flexibility index (Phi) is 3.08. The molecule has 1 aromatic carbocycles. The number of hydrogen-bond donors (Lipinski definition) is 1. The molecule has 7 heteroatoms. The Labute approximate surface area is 112 Å². The van der Waals surface area contributed by atoms with Crippen molar-refractivity contribution in [3.8, 4) is 0 Å². The molecule has 1 aliphatic rings. The fourth-order valence-electron chi connectivity index (χ4n) is 2.07. The third kappa shape index (κ3) is 2.04. The summed E-state index contributed by atoms with van der Waals surface area (Å²) in [7, 11) is 0. The average molecular weight is 283 g/mol. The van der Waals surface area contributed by atoms with Crippen LogP contribution in [0, 0.1) is 17.0 Å². The summed E-state index contributed by atoms with van der Waals surface area (Å²) in [5.74, 6) is -5.34. The number of benzene rings is 1. The number of amides is 2. The molecule has 2 rings (SSSR count). The molecule has 0 unspecified atom stereocenters. The highest BCUT2D eigenvalue weighted by atomic mass is 19.1. The molecule has 20 heavy (non-hydrogen) atoms. The molecular formula is C13H11F2NO4. The highest BCUT2D eigenvalue weighted by molar-refractivity contribution is 6.22. The van der Waals surface area contributed by atoms with E-state index in [9.17, 15) is 23.2 Å². The minimum Gasteiger partial charge on any atom is -0.478 e. The lowest BCUT2D eigenvalue weighted by Crippen LogP contribution is -2.34. The monoisotopic (exact) mass is 283 g/mol. The molecular weight excluding hydrogens is 272 g/mol. The van der Waals surface area contributed by atoms with Gasteiger partial charge in [-0.15, -0.1) is 0 Å². The lowest BCUT2D eigenvalue weighted by Gasteiger charge is -2.18. The van der Waals surface area contributed by atoms with Crippen molar-refractivity contribution >= 4 is 23.5 Å². The van der Waals surface area contributed by atoms with E-state index in [1.165, 1.54) is 13.8 Å². The molecule has 0 spiro atoms. The Morgan fingerprint density at radius 3 is 2.30 bits per heavy atom. The molecule has 5 nitrogen and oxygen atoms in total. The van der Waals surface area contributed by atoms with Gasteiger partial charge in [-0.25, -0.2) is 18.5 Å². The van der Waals surface area contributed by atoms with E-state index in [4.69, 9.17) is 5.11 Å². The number of hydrogen-bond acceptors (Lipinski definition) is 3. The first-order valence-electron chi connectivity index (χ1n) is 5.75. The first-order chi connectivity index (χ1) is 9.15. The van der Waals surface area contributed by atoms with Crippen LogP contribution in [-0.4, -0.2) is 22.9 Å². The predicted molar refractivity (Wildman–Crippen MR) is 64.2 cm³/mol. The fourth-order valence-corrected chi connectivity index (χ4v) is 2.07. The predicted octanol–water partition coefficient (Wildman–Crippen LogP) is 1.95. The summed E-state index contributed by atoms with van der Waals surface area (Å²) >= 11 is 0. The Hall–Kier alpha value is -2.31. The Bertz CT molecular complexity index is 640. The highest BCUT2D eigenvalue weighted by Gasteiger charge is 2.46. The normalized spacial score (nSPS) is 17.7. The van der Waals surface area contributed by atoms with Gasteiger partial charge in [0.25, 0.3) is 0 Å². The molecule has 2 amide bonds. The van der Waals surface area contributed by atoms with Crippen molar-refractivity contribution in [3.05, 3.63) is 29.3 Å². The maximum atomic E-state index is 13.8. The quantitative estimate of drug-likeness (QED) is 0.842. The number of anilines is 1. The van der Waals surface area contributed by atoms with Gasteiger partial charge in [-0.05, 0) is 6.07 Å². The molecule has 0 atom stereocenters. The van der Waals surface area contributed by atoms with E-state index in [-0.39, 0.29) is 6.42 Å². The van der Waals surface area contributed by atoms with Crippen molar-refractivity contribution < 1.29 is 28.3 Å². The number of rotatable bonds is 2. The molecule has 1 heterocycles. The molecule has 1 aromatic rings. The summed E-state index contributed by atoms with van der Waals surface area (Å²) in [6, 6.07) is 1.01. The number of carbonyl (C=O) groups excluding carboxylic acids is 2. The van der Waals surface area contributed by atoms with Crippen molar-refractivity contribution in [3.63, 3.8) is 0 Å². The van der Waals surface area contributed by atoms with E-state index in [1.54, 1.807) is 0 Å². The van der Waals surface area contributed by atoms with Gasteiger partial charge in [0.2, 0.25) is 11.8 Å². The molecule has 0 aromatic heterocycles. The van der Waals surface area contributed by atoms with Crippen molar-refractivity contribution in [1.29, 1.82) is 0 Å². The summed E-state index contributed by atoms with van der Waals surface area (Å²) in [5, 5.41) is 8.81. The largest absolute Gasteiger partial charge is 0.478 e. The van der Waals surface area contributed by atoms with E-state index >= 15 is 0 Å². The number of halogens is 2. The maximum Gasteiger partial charge on any atom is 0.338 e. The minimum absolute atomic E-state index is 0.120. The van der Waals surface area contributed by atoms with Gasteiger partial charge in [0.05, 0.1) is 16.7 Å². The fraction of sp³-hybridized carbons (Fsp3) is 0.308. The van der Waals surface area contributed by atoms with Gasteiger partial charge in [0.1, 0.15) is 11.6 Å². The maximum absolute atomic E-state index is 13.8. The topological polar surface area (TPSA) is 74.7 Å². The molecule has 1 aliphatic heterocycles. The summed E-state index contributed by atoms with van der Waals surface area (Å²) in [4.78, 5) is 35.3. The smallest absolute Gasteiger partial charge is 0.338 e. The third-order valence-corrected chi connectivity index (χ3v) is 3.13. The number of nitrogens with zero attached hydrogens (tertiary/aromatic N) is 1. The van der Waals surface area contributed by atoms with Crippen LogP contribution in [0.1, 0.15) is 30.6 Å². The first-order valence-corrected chi connectivity index (χ1v) is 5.75. The van der Waals surface area contributed by atoms with Gasteiger partial charge in [-0.2, -0.15) is 0 Å². The van der Waals surface area contributed by atoms with Crippen LogP contribution in [0.25, 0.3) is 0 Å². The van der Waals surface area contributed by atoms with Gasteiger partial charge in [0.15, 0.2) is 0 Å². The molecule has 106 valence electrons. The Balaban J connectivity index is 2.59. The highest BCUT2D eigenvalue weighted by Crippen LogP contribution is 2.36. The number of aromatic carboxylic acids is 1. The SMILES string of the molecule is CC1(C)CC(=O)N(c2cc(C(=O)O)c(F)cc2F)C1=O. The van der Waals surface area contributed by atoms with Crippen LogP contribution in [0.4, 0.5) is 14.5 Å². The zero-order valence-corrected chi connectivity index (χ0v) is 10.7. The minimum atomic E-state index is -1.61. The van der Waals surface area contributed by atoms with Crippen molar-refractivity contribution in [1.82, 2.24) is 0 Å². The van der Waals surface area contributed by atoms with E-state index in [0.29, 0.717) is 17.0 Å². The van der Waals surface area contributed by atoms with Gasteiger partial charge in [0, 0.05) is 12.5 Å². The number of carboxylic acids is 1. The molecule has 0 radical (unpaired) electrons. The molecule has 0 bridgehead atoms. The van der Waals surface area contributed by atoms with Crippen LogP contribution in [-0.2, 0) is 9.59 Å². The summed E-state index contributed by atoms with van der Waals surface area (Å²) < 4.78 is 27.1. The first kappa shape index (κ1) is 14.1. The van der Waals surface area contributed by atoms with Gasteiger partial charge >= 0.3 is 5.97 Å². The second-order valence-electron chi connectivity index (χ2n) is 5.18. The number of imide groups is 1. The van der Waals surface area contributed by atoms with Gasteiger partial charge < -0.3 is 5.11 Å². The summed E-state index contributed by atoms with van der Waals surface area (Å²) in [6.45, 7) is 3.04. The standard InChI is InChI=1S/C13H11F2NO4/c1-13(2)5-10(17)16(12(13)20)9-3-6(11(18)19)7(14)4-8(9)15/h3-4H,5H2,1-2H3,(H,18,19). The van der Waals surface area contributed by atoms with Gasteiger partial charge in [-0.3, -0.25) is 9.59 Å². The van der Waals surface area contributed by atoms with E-state index in [0.717, 1.165) is 0 Å². The van der Waals surface area contributed by atoms with E-state index < -0.39 is 46.1 Å². The molecule has 0 aliphatic carbocycles. The third-order valence-electron chi connectivity index (χ3n) is 3.13. The van der Waals surface area contributed by atoms with Crippen LogP contribution in [0.2, 0.25) is 0 Å². The molecule has 1 N–H and O–H groups in total. The van der Waals surface area contributed by atoms with Gasteiger partial charge in [-0.1, -0.05) is 13.8 Å². The van der Waals surface area contributed by atoms with Crippen LogP contribution in [0.15, 0.2) is 12.1 Å². The molecule has 0 saturated carbocycles. The second kappa shape index (κ2) is 4.36. The van der Waals surface area contributed by atoms with Crippen molar-refractivity contribution in [2.45, 2.75) is 20.3 Å². The van der Waals surface area contributed by atoms with Crippen molar-refractivity contribution in [2.24, 2.45) is 5.41 Å². The second-order valence-corrected chi connectivity index (χ2v) is 5.18. The molecule has 1 saturated heterocycles. The molecule has 1 fully saturated rings. The van der Waals surface area contributed by atoms with E-state index in [2.05, 4.69) is 0 Å². The van der Waals surface area contributed by atoms with Crippen molar-refractivity contribution in [2.75, 3.05) is 4.90 Å². The van der Waals surface area contributed by atoms with Crippen LogP contribution in [0.5, 0.6) is 0 Å². The van der Waals surface area contributed by atoms with Crippen LogP contribution < -0.4 is 4.90 Å². The Morgan fingerprint density at radius 1 is 1.25 bits per heavy atom. The zero-order chi connectivity index (χ0) is 15.2. The lowest BCUT2D eigenvalue weighted by molar-refractivity contribution is -0.124.